The van der Waals surface area contributed by atoms with Crippen LogP contribution in [0.4, 0.5) is 5.69 Å². The van der Waals surface area contributed by atoms with Gasteiger partial charge in [-0.2, -0.15) is 0 Å². The number of ketones is 1. The fourth-order valence-electron chi connectivity index (χ4n) is 4.45. The lowest BCUT2D eigenvalue weighted by atomic mass is 9.96. The number of carbonyl (C=O) groups is 2. The molecule has 0 bridgehead atoms. The number of nitrogens with zero attached hydrogens (tertiary/aromatic N) is 2. The number of aromatic nitrogens is 1. The van der Waals surface area contributed by atoms with Crippen molar-refractivity contribution < 1.29 is 24.2 Å². The zero-order chi connectivity index (χ0) is 23.7. The molecule has 34 heavy (non-hydrogen) atoms. The minimum Gasteiger partial charge on any atom is -0.507 e. The third-order valence-corrected chi connectivity index (χ3v) is 6.02. The molecular formula is C27H24N2O5. The summed E-state index contributed by atoms with van der Waals surface area (Å²) in [5.74, 6) is -0.262. The largest absolute Gasteiger partial charge is 0.507 e. The number of amides is 1. The number of ether oxygens (including phenoxy) is 2. The summed E-state index contributed by atoms with van der Waals surface area (Å²) in [6.07, 6.45) is 3.30. The normalized spacial score (nSPS) is 19.0. The molecule has 1 fully saturated rings. The lowest BCUT2D eigenvalue weighted by Crippen LogP contribution is -2.29. The second-order valence-corrected chi connectivity index (χ2v) is 8.13. The van der Waals surface area contributed by atoms with Gasteiger partial charge in [-0.3, -0.25) is 19.5 Å². The van der Waals surface area contributed by atoms with E-state index in [1.165, 1.54) is 4.90 Å². The van der Waals surface area contributed by atoms with Gasteiger partial charge in [0.2, 0.25) is 0 Å². The maximum absolute atomic E-state index is 13.3. The highest BCUT2D eigenvalue weighted by Gasteiger charge is 2.47. The summed E-state index contributed by atoms with van der Waals surface area (Å²) in [7, 11) is 0. The van der Waals surface area contributed by atoms with Gasteiger partial charge in [-0.05, 0) is 79.9 Å². The van der Waals surface area contributed by atoms with Crippen LogP contribution in [0.1, 0.15) is 36.2 Å². The van der Waals surface area contributed by atoms with Crippen LogP contribution >= 0.6 is 0 Å². The predicted molar refractivity (Wildman–Crippen MR) is 127 cm³/mol. The Bertz CT molecular complexity index is 1270. The Hall–Kier alpha value is -4.13. The van der Waals surface area contributed by atoms with Crippen molar-refractivity contribution in [1.29, 1.82) is 0 Å². The molecule has 1 unspecified atom stereocenters. The Balaban J connectivity index is 1.64. The van der Waals surface area contributed by atoms with Crippen molar-refractivity contribution in [3.05, 3.63) is 89.3 Å². The number of hydrogen-bond acceptors (Lipinski definition) is 6. The van der Waals surface area contributed by atoms with Gasteiger partial charge in [0.1, 0.15) is 23.3 Å². The average molecular weight is 456 g/mol. The number of anilines is 1. The highest BCUT2D eigenvalue weighted by Crippen LogP contribution is 2.42. The molecule has 0 saturated carbocycles. The van der Waals surface area contributed by atoms with Crippen LogP contribution in [0.3, 0.4) is 0 Å². The monoisotopic (exact) mass is 456 g/mol. The smallest absolute Gasteiger partial charge is 0.300 e. The first-order valence-electron chi connectivity index (χ1n) is 11.3. The molecule has 1 N–H and O–H groups in total. The number of fused-ring (bicyclic) bond motifs is 1. The molecule has 0 aliphatic carbocycles. The number of rotatable bonds is 5. The predicted octanol–water partition coefficient (Wildman–Crippen LogP) is 4.43. The molecule has 1 atom stereocenters. The molecule has 1 aromatic heterocycles. The fourth-order valence-corrected chi connectivity index (χ4v) is 4.45. The maximum atomic E-state index is 13.3. The molecule has 7 nitrogen and oxygen atoms in total. The Morgan fingerprint density at radius 2 is 1.97 bits per heavy atom. The third-order valence-electron chi connectivity index (χ3n) is 6.02. The minimum atomic E-state index is -0.869. The van der Waals surface area contributed by atoms with E-state index in [-0.39, 0.29) is 11.3 Å². The number of carbonyl (C=O) groups excluding carboxylic acids is 2. The van der Waals surface area contributed by atoms with E-state index in [4.69, 9.17) is 9.47 Å². The van der Waals surface area contributed by atoms with Crippen LogP contribution in [0.2, 0.25) is 0 Å². The average Bonchev–Trinajstić information content (AvgIpc) is 3.15. The van der Waals surface area contributed by atoms with Crippen molar-refractivity contribution in [1.82, 2.24) is 4.98 Å². The molecule has 3 aromatic rings. The molecule has 1 saturated heterocycles. The zero-order valence-corrected chi connectivity index (χ0v) is 18.7. The van der Waals surface area contributed by atoms with Gasteiger partial charge in [-0.15, -0.1) is 0 Å². The third kappa shape index (κ3) is 3.79. The SMILES string of the molecule is CCOc1ccc(N2C(=O)C(=O)/C(=C(\O)c3ccc4c(c3)CCCO4)C2c2ccccn2)cc1. The number of Topliss-reactive ketones (excluding diaryl/α,β-unsaturated/α-hetero) is 1. The van der Waals surface area contributed by atoms with Gasteiger partial charge in [-0.25, -0.2) is 0 Å². The van der Waals surface area contributed by atoms with Crippen molar-refractivity contribution in [2.24, 2.45) is 0 Å². The van der Waals surface area contributed by atoms with Crippen molar-refractivity contribution in [3.63, 3.8) is 0 Å². The van der Waals surface area contributed by atoms with Gasteiger partial charge < -0.3 is 14.6 Å². The van der Waals surface area contributed by atoms with Crippen LogP contribution in [0.25, 0.3) is 5.76 Å². The van der Waals surface area contributed by atoms with E-state index in [2.05, 4.69) is 4.98 Å². The van der Waals surface area contributed by atoms with Gasteiger partial charge in [0.05, 0.1) is 24.5 Å². The van der Waals surface area contributed by atoms with E-state index in [1.54, 1.807) is 60.8 Å². The number of pyridine rings is 1. The van der Waals surface area contributed by atoms with Crippen LogP contribution in [0.5, 0.6) is 11.5 Å². The first kappa shape index (κ1) is 21.7. The minimum absolute atomic E-state index is 0.00858. The molecule has 2 aliphatic rings. The highest BCUT2D eigenvalue weighted by atomic mass is 16.5. The first-order valence-corrected chi connectivity index (χ1v) is 11.3. The van der Waals surface area contributed by atoms with Crippen LogP contribution in [0, 0.1) is 0 Å². The summed E-state index contributed by atoms with van der Waals surface area (Å²) < 4.78 is 11.2. The quantitative estimate of drug-likeness (QED) is 0.347. The van der Waals surface area contributed by atoms with Crippen LogP contribution in [-0.4, -0.2) is 35.0 Å². The van der Waals surface area contributed by atoms with Gasteiger partial charge in [0.15, 0.2) is 0 Å². The summed E-state index contributed by atoms with van der Waals surface area (Å²) >= 11 is 0. The highest BCUT2D eigenvalue weighted by molar-refractivity contribution is 6.51. The van der Waals surface area contributed by atoms with Crippen LogP contribution < -0.4 is 14.4 Å². The molecule has 172 valence electrons. The molecule has 0 radical (unpaired) electrons. The van der Waals surface area contributed by atoms with E-state index in [9.17, 15) is 14.7 Å². The number of aliphatic hydroxyl groups excluding tert-OH is 1. The molecule has 7 heteroatoms. The van der Waals surface area contributed by atoms with Crippen molar-refractivity contribution in [2.75, 3.05) is 18.1 Å². The Morgan fingerprint density at radius 1 is 1.15 bits per heavy atom. The van der Waals surface area contributed by atoms with E-state index in [0.29, 0.717) is 35.9 Å². The first-order chi connectivity index (χ1) is 16.6. The van der Waals surface area contributed by atoms with Crippen molar-refractivity contribution in [3.8, 4) is 11.5 Å². The molecule has 2 aliphatic heterocycles. The van der Waals surface area contributed by atoms with Gasteiger partial charge >= 0.3 is 0 Å². The van der Waals surface area contributed by atoms with Crippen LogP contribution in [-0.2, 0) is 16.0 Å². The topological polar surface area (TPSA) is 89.0 Å². The number of benzene rings is 2. The molecule has 1 amide bonds. The maximum Gasteiger partial charge on any atom is 0.300 e. The van der Waals surface area contributed by atoms with Gasteiger partial charge in [0, 0.05) is 17.4 Å². The molecule has 3 heterocycles. The summed E-state index contributed by atoms with van der Waals surface area (Å²) in [5, 5.41) is 11.3. The van der Waals surface area contributed by atoms with Crippen LogP contribution in [0.15, 0.2) is 72.4 Å². The van der Waals surface area contributed by atoms with E-state index < -0.39 is 17.7 Å². The number of aliphatic hydroxyl groups is 1. The molecule has 2 aromatic carbocycles. The summed E-state index contributed by atoms with van der Waals surface area (Å²) in [4.78, 5) is 32.3. The van der Waals surface area contributed by atoms with Gasteiger partial charge in [-0.1, -0.05) is 6.07 Å². The number of aryl methyl sites for hydroxylation is 1. The van der Waals surface area contributed by atoms with Gasteiger partial charge in [0.25, 0.3) is 11.7 Å². The molecular weight excluding hydrogens is 432 g/mol. The fraction of sp³-hybridized carbons (Fsp3) is 0.222. The zero-order valence-electron chi connectivity index (χ0n) is 18.7. The Kier molecular flexibility index (Phi) is 5.76. The summed E-state index contributed by atoms with van der Waals surface area (Å²) in [5.41, 5.74) is 2.44. The Labute approximate surface area is 197 Å². The Morgan fingerprint density at radius 3 is 2.71 bits per heavy atom. The lowest BCUT2D eigenvalue weighted by molar-refractivity contribution is -0.132. The summed E-state index contributed by atoms with van der Waals surface area (Å²) in [6, 6.07) is 16.7. The second-order valence-electron chi connectivity index (χ2n) is 8.13. The molecule has 0 spiro atoms. The van der Waals surface area contributed by atoms with E-state index in [1.807, 2.05) is 13.0 Å². The standard InChI is InChI=1S/C27H24N2O5/c1-2-33-20-11-9-19(10-12-20)29-24(21-7-3-4-14-28-21)23(26(31)27(29)32)25(30)18-8-13-22-17(16-18)6-5-15-34-22/h3-4,7-14,16,24,30H,2,5-6,15H2,1H3/b25-23-. The second kappa shape index (κ2) is 9.02. The van der Waals surface area contributed by atoms with E-state index in [0.717, 1.165) is 24.2 Å². The number of hydrogen-bond donors (Lipinski definition) is 1. The molecule has 5 rings (SSSR count). The lowest BCUT2D eigenvalue weighted by Gasteiger charge is -2.25. The summed E-state index contributed by atoms with van der Waals surface area (Å²) in [6.45, 7) is 3.06. The van der Waals surface area contributed by atoms with E-state index >= 15 is 0 Å². The van der Waals surface area contributed by atoms with Crippen molar-refractivity contribution in [2.45, 2.75) is 25.8 Å². The van der Waals surface area contributed by atoms with Crippen molar-refractivity contribution >= 4 is 23.1 Å².